The number of aryl methyl sites for hydroxylation is 2. The van der Waals surface area contributed by atoms with E-state index in [9.17, 15) is 0 Å². The van der Waals surface area contributed by atoms with Crippen LogP contribution in [-0.4, -0.2) is 27.1 Å². The summed E-state index contributed by atoms with van der Waals surface area (Å²) < 4.78 is 0. The number of aromatic amines is 1. The van der Waals surface area contributed by atoms with Crippen LogP contribution in [0.25, 0.3) is 10.9 Å². The highest BCUT2D eigenvalue weighted by molar-refractivity contribution is 7.80. The molecule has 0 atom stereocenters. The number of nitrogens with zero attached hydrogens (tertiary/aromatic N) is 1. The van der Waals surface area contributed by atoms with Gasteiger partial charge >= 0.3 is 0 Å². The Bertz CT molecular complexity index is 917. The van der Waals surface area contributed by atoms with Crippen LogP contribution in [0.3, 0.4) is 0 Å². The second kappa shape index (κ2) is 8.03. The van der Waals surface area contributed by atoms with Crippen molar-refractivity contribution < 1.29 is 0 Å². The second-order valence-corrected chi connectivity index (χ2v) is 9.63. The van der Waals surface area contributed by atoms with Crippen molar-refractivity contribution in [2.24, 2.45) is 0 Å². The number of aromatic nitrogens is 1. The Kier molecular flexibility index (Phi) is 5.92. The van der Waals surface area contributed by atoms with Gasteiger partial charge in [0, 0.05) is 33.6 Å². The molecule has 27 heavy (non-hydrogen) atoms. The van der Waals surface area contributed by atoms with Gasteiger partial charge in [0.15, 0.2) is 5.11 Å². The molecule has 0 amide bonds. The van der Waals surface area contributed by atoms with E-state index in [1.807, 2.05) is 0 Å². The molecule has 0 aliphatic heterocycles. The van der Waals surface area contributed by atoms with Gasteiger partial charge in [-0.1, -0.05) is 17.7 Å². The molecule has 0 radical (unpaired) electrons. The highest BCUT2D eigenvalue weighted by atomic mass is 32.1. The van der Waals surface area contributed by atoms with Crippen molar-refractivity contribution in [1.29, 1.82) is 0 Å². The van der Waals surface area contributed by atoms with Crippen LogP contribution in [0.2, 0.25) is 0 Å². The normalized spacial score (nSPS) is 11.7. The zero-order valence-electron chi connectivity index (χ0n) is 16.8. The molecular weight excluding hydrogens is 370 g/mol. The van der Waals surface area contributed by atoms with Gasteiger partial charge in [-0.15, -0.1) is 11.3 Å². The minimum absolute atomic E-state index is 0.0431. The van der Waals surface area contributed by atoms with E-state index in [4.69, 9.17) is 12.2 Å². The third kappa shape index (κ3) is 5.11. The van der Waals surface area contributed by atoms with Crippen molar-refractivity contribution in [1.82, 2.24) is 15.2 Å². The topological polar surface area (TPSA) is 31.1 Å². The summed E-state index contributed by atoms with van der Waals surface area (Å²) in [4.78, 5) is 7.15. The van der Waals surface area contributed by atoms with Gasteiger partial charge in [0.1, 0.15) is 0 Å². The standard InChI is InChI=1S/C22H29N3S2/c1-15-8-9-20-19(13-15)18(16(2)23-20)10-11-25(14-17-7-6-12-27-17)21(26)24-22(3,4)5/h6-9,12-13,23H,10-11,14H2,1-5H3,(H,24,26). The lowest BCUT2D eigenvalue weighted by Crippen LogP contribution is -2.48. The molecule has 0 fully saturated rings. The van der Waals surface area contributed by atoms with Gasteiger partial charge in [0.2, 0.25) is 0 Å². The Hall–Kier alpha value is -1.85. The highest BCUT2D eigenvalue weighted by Crippen LogP contribution is 2.24. The smallest absolute Gasteiger partial charge is 0.169 e. The third-order valence-corrected chi connectivity index (χ3v) is 5.82. The van der Waals surface area contributed by atoms with Crippen molar-refractivity contribution in [3.63, 3.8) is 0 Å². The molecule has 2 N–H and O–H groups in total. The molecule has 0 bridgehead atoms. The number of benzene rings is 1. The van der Waals surface area contributed by atoms with Crippen molar-refractivity contribution in [3.8, 4) is 0 Å². The highest BCUT2D eigenvalue weighted by Gasteiger charge is 2.18. The predicted molar refractivity (Wildman–Crippen MR) is 122 cm³/mol. The first-order valence-electron chi connectivity index (χ1n) is 9.40. The molecular formula is C22H29N3S2. The van der Waals surface area contributed by atoms with Crippen LogP contribution < -0.4 is 5.32 Å². The molecule has 1 aromatic carbocycles. The number of fused-ring (bicyclic) bond motifs is 1. The van der Waals surface area contributed by atoms with Gasteiger partial charge in [-0.25, -0.2) is 0 Å². The van der Waals surface area contributed by atoms with Crippen molar-refractivity contribution in [2.45, 2.75) is 53.1 Å². The molecule has 2 heterocycles. The molecule has 144 valence electrons. The fraction of sp³-hybridized carbons (Fsp3) is 0.409. The number of hydrogen-bond acceptors (Lipinski definition) is 2. The molecule has 3 aromatic rings. The molecule has 0 unspecified atom stereocenters. The summed E-state index contributed by atoms with van der Waals surface area (Å²) in [5, 5.41) is 7.76. The molecule has 3 nitrogen and oxygen atoms in total. The number of thiocarbonyl (C=S) groups is 1. The maximum atomic E-state index is 5.75. The van der Waals surface area contributed by atoms with Gasteiger partial charge in [0.05, 0.1) is 6.54 Å². The van der Waals surface area contributed by atoms with E-state index in [0.29, 0.717) is 0 Å². The van der Waals surface area contributed by atoms with Crippen molar-refractivity contribution in [3.05, 3.63) is 57.4 Å². The molecule has 0 spiro atoms. The van der Waals surface area contributed by atoms with Crippen LogP contribution in [0.4, 0.5) is 0 Å². The van der Waals surface area contributed by atoms with E-state index in [-0.39, 0.29) is 5.54 Å². The summed E-state index contributed by atoms with van der Waals surface area (Å²) in [7, 11) is 0. The first-order chi connectivity index (χ1) is 12.7. The van der Waals surface area contributed by atoms with E-state index in [2.05, 4.69) is 85.5 Å². The Balaban J connectivity index is 1.81. The van der Waals surface area contributed by atoms with Gasteiger partial charge in [-0.05, 0) is 82.4 Å². The van der Waals surface area contributed by atoms with Gasteiger partial charge in [0.25, 0.3) is 0 Å². The summed E-state index contributed by atoms with van der Waals surface area (Å²) in [6, 6.07) is 10.9. The van der Waals surface area contributed by atoms with E-state index in [1.165, 1.54) is 32.6 Å². The predicted octanol–water partition coefficient (Wildman–Crippen LogP) is 5.56. The van der Waals surface area contributed by atoms with E-state index < -0.39 is 0 Å². The lowest BCUT2D eigenvalue weighted by molar-refractivity contribution is 0.388. The Labute approximate surface area is 171 Å². The van der Waals surface area contributed by atoms with Crippen molar-refractivity contribution in [2.75, 3.05) is 6.54 Å². The van der Waals surface area contributed by atoms with E-state index in [1.54, 1.807) is 11.3 Å². The molecule has 5 heteroatoms. The fourth-order valence-corrected chi connectivity index (χ4v) is 4.49. The molecule has 3 rings (SSSR count). The SMILES string of the molecule is Cc1ccc2[nH]c(C)c(CCN(Cc3cccs3)C(=S)NC(C)(C)C)c2c1. The molecule has 0 saturated carbocycles. The van der Waals surface area contributed by atoms with Crippen LogP contribution in [-0.2, 0) is 13.0 Å². The van der Waals surface area contributed by atoms with E-state index in [0.717, 1.165) is 24.6 Å². The average molecular weight is 400 g/mol. The quantitative estimate of drug-likeness (QED) is 0.550. The summed E-state index contributed by atoms with van der Waals surface area (Å²) >= 11 is 7.54. The summed E-state index contributed by atoms with van der Waals surface area (Å²) in [6.45, 7) is 12.5. The lowest BCUT2D eigenvalue weighted by Gasteiger charge is -2.31. The average Bonchev–Trinajstić information content (AvgIpc) is 3.17. The number of H-pyrrole nitrogens is 1. The monoisotopic (exact) mass is 399 g/mol. The molecule has 0 aliphatic rings. The maximum Gasteiger partial charge on any atom is 0.169 e. The first kappa shape index (κ1) is 19.9. The Morgan fingerprint density at radius 3 is 2.67 bits per heavy atom. The minimum Gasteiger partial charge on any atom is -0.358 e. The van der Waals surface area contributed by atoms with Gasteiger partial charge < -0.3 is 15.2 Å². The van der Waals surface area contributed by atoms with Crippen LogP contribution >= 0.6 is 23.6 Å². The molecule has 2 aromatic heterocycles. The Morgan fingerprint density at radius 1 is 1.22 bits per heavy atom. The zero-order valence-corrected chi connectivity index (χ0v) is 18.5. The zero-order chi connectivity index (χ0) is 19.6. The first-order valence-corrected chi connectivity index (χ1v) is 10.7. The van der Waals surface area contributed by atoms with Crippen LogP contribution in [0.15, 0.2) is 35.7 Å². The van der Waals surface area contributed by atoms with Crippen LogP contribution in [0.5, 0.6) is 0 Å². The van der Waals surface area contributed by atoms with Gasteiger partial charge in [-0.3, -0.25) is 0 Å². The van der Waals surface area contributed by atoms with Crippen molar-refractivity contribution >= 4 is 39.6 Å². The molecule has 0 aliphatic carbocycles. The number of rotatable bonds is 5. The second-order valence-electron chi connectivity index (χ2n) is 8.21. The van der Waals surface area contributed by atoms with E-state index >= 15 is 0 Å². The summed E-state index contributed by atoms with van der Waals surface area (Å²) in [6.07, 6.45) is 0.965. The number of thiophene rings is 1. The minimum atomic E-state index is -0.0431. The lowest BCUT2D eigenvalue weighted by atomic mass is 10.1. The third-order valence-electron chi connectivity index (χ3n) is 4.60. The number of hydrogen-bond donors (Lipinski definition) is 2. The number of nitrogens with one attached hydrogen (secondary N) is 2. The molecule has 0 saturated heterocycles. The fourth-order valence-electron chi connectivity index (χ4n) is 3.31. The Morgan fingerprint density at radius 2 is 2.00 bits per heavy atom. The largest absolute Gasteiger partial charge is 0.358 e. The van der Waals surface area contributed by atoms with Gasteiger partial charge in [-0.2, -0.15) is 0 Å². The van der Waals surface area contributed by atoms with Crippen LogP contribution in [0, 0.1) is 13.8 Å². The summed E-state index contributed by atoms with van der Waals surface area (Å²) in [5.41, 5.74) is 5.11. The van der Waals surface area contributed by atoms with Crippen LogP contribution in [0.1, 0.15) is 42.5 Å². The maximum absolute atomic E-state index is 5.75. The summed E-state index contributed by atoms with van der Waals surface area (Å²) in [5.74, 6) is 0.